The van der Waals surface area contributed by atoms with Crippen molar-refractivity contribution >= 4 is 11.9 Å². The molecule has 2 saturated heterocycles. The Labute approximate surface area is 155 Å². The maximum Gasteiger partial charge on any atom is 0.305 e. The molecular weight excluding hydrogens is 336 g/mol. The number of carbonyl (C=O) groups is 2. The van der Waals surface area contributed by atoms with Gasteiger partial charge in [-0.15, -0.1) is 0 Å². The highest BCUT2D eigenvalue weighted by molar-refractivity contribution is 5.70. The van der Waals surface area contributed by atoms with Crippen LogP contribution in [-0.4, -0.2) is 50.1 Å². The van der Waals surface area contributed by atoms with Crippen LogP contribution in [0, 0.1) is 11.8 Å². The molecule has 0 spiro atoms. The number of carbonyl (C=O) groups excluding carboxylic acids is 2. The van der Waals surface area contributed by atoms with Crippen molar-refractivity contribution in [2.75, 3.05) is 19.8 Å². The molecule has 3 aliphatic rings. The van der Waals surface area contributed by atoms with Gasteiger partial charge in [-0.2, -0.15) is 0 Å². The summed E-state index contributed by atoms with van der Waals surface area (Å²) in [6.45, 7) is 3.70. The fourth-order valence-corrected chi connectivity index (χ4v) is 3.81. The van der Waals surface area contributed by atoms with Crippen LogP contribution in [0.5, 0.6) is 0 Å². The van der Waals surface area contributed by atoms with Crippen molar-refractivity contribution in [3.8, 4) is 0 Å². The first-order valence-corrected chi connectivity index (χ1v) is 10.2. The number of esters is 2. The molecule has 2 heterocycles. The lowest BCUT2D eigenvalue weighted by Crippen LogP contribution is -2.27. The quantitative estimate of drug-likeness (QED) is 0.354. The van der Waals surface area contributed by atoms with E-state index in [-0.39, 0.29) is 11.9 Å². The SMILES string of the molecule is CC1CCC(COC(=O)CCCCC(=O)OCC2CCC3OC3C2)CO1. The van der Waals surface area contributed by atoms with Crippen LogP contribution in [0.1, 0.15) is 64.7 Å². The smallest absolute Gasteiger partial charge is 0.305 e. The van der Waals surface area contributed by atoms with Crippen LogP contribution >= 0.6 is 0 Å². The van der Waals surface area contributed by atoms with Gasteiger partial charge in [0.1, 0.15) is 0 Å². The van der Waals surface area contributed by atoms with E-state index in [4.69, 9.17) is 18.9 Å². The van der Waals surface area contributed by atoms with E-state index in [1.807, 2.05) is 0 Å². The van der Waals surface area contributed by atoms with Gasteiger partial charge in [0.25, 0.3) is 0 Å². The molecule has 26 heavy (non-hydrogen) atoms. The number of epoxide rings is 1. The first-order valence-electron chi connectivity index (χ1n) is 10.2. The van der Waals surface area contributed by atoms with Crippen LogP contribution in [0.15, 0.2) is 0 Å². The Bertz CT molecular complexity index is 471. The Kier molecular flexibility index (Phi) is 7.32. The monoisotopic (exact) mass is 368 g/mol. The summed E-state index contributed by atoms with van der Waals surface area (Å²) in [7, 11) is 0. The van der Waals surface area contributed by atoms with E-state index >= 15 is 0 Å². The summed E-state index contributed by atoms with van der Waals surface area (Å²) in [6, 6.07) is 0. The van der Waals surface area contributed by atoms with E-state index in [1.165, 1.54) is 0 Å². The molecule has 0 amide bonds. The first kappa shape index (κ1) is 19.6. The van der Waals surface area contributed by atoms with Crippen LogP contribution in [0.3, 0.4) is 0 Å². The number of ether oxygens (including phenoxy) is 4. The van der Waals surface area contributed by atoms with E-state index in [9.17, 15) is 9.59 Å². The maximum atomic E-state index is 11.8. The molecule has 3 fully saturated rings. The molecule has 2 aliphatic heterocycles. The Balaban J connectivity index is 1.16. The number of fused-ring (bicyclic) bond motifs is 1. The van der Waals surface area contributed by atoms with Crippen LogP contribution in [0.25, 0.3) is 0 Å². The van der Waals surface area contributed by atoms with E-state index in [1.54, 1.807) is 0 Å². The molecule has 0 aromatic rings. The fourth-order valence-electron chi connectivity index (χ4n) is 3.81. The predicted molar refractivity (Wildman–Crippen MR) is 94.5 cm³/mol. The van der Waals surface area contributed by atoms with Gasteiger partial charge in [-0.05, 0) is 57.8 Å². The van der Waals surface area contributed by atoms with E-state index in [2.05, 4.69) is 6.92 Å². The molecule has 3 rings (SSSR count). The Morgan fingerprint density at radius 2 is 1.54 bits per heavy atom. The molecule has 0 N–H and O–H groups in total. The lowest BCUT2D eigenvalue weighted by atomic mass is 9.90. The third-order valence-electron chi connectivity index (χ3n) is 5.68. The van der Waals surface area contributed by atoms with E-state index in [0.717, 1.165) is 32.1 Å². The van der Waals surface area contributed by atoms with E-state index in [0.29, 0.717) is 75.7 Å². The largest absolute Gasteiger partial charge is 0.465 e. The molecule has 0 radical (unpaired) electrons. The molecule has 6 nitrogen and oxygen atoms in total. The summed E-state index contributed by atoms with van der Waals surface area (Å²) in [4.78, 5) is 23.6. The summed E-state index contributed by atoms with van der Waals surface area (Å²) in [5.41, 5.74) is 0. The minimum atomic E-state index is -0.182. The van der Waals surface area contributed by atoms with Crippen molar-refractivity contribution in [3.63, 3.8) is 0 Å². The van der Waals surface area contributed by atoms with Crippen LogP contribution in [0.2, 0.25) is 0 Å². The minimum absolute atomic E-state index is 0.161. The highest BCUT2D eigenvalue weighted by atomic mass is 16.6. The Morgan fingerprint density at radius 3 is 2.15 bits per heavy atom. The molecule has 1 saturated carbocycles. The zero-order valence-corrected chi connectivity index (χ0v) is 15.8. The van der Waals surface area contributed by atoms with Gasteiger partial charge in [0.2, 0.25) is 0 Å². The highest BCUT2D eigenvalue weighted by Gasteiger charge is 2.43. The molecule has 5 atom stereocenters. The van der Waals surface area contributed by atoms with E-state index < -0.39 is 0 Å². The molecule has 1 aliphatic carbocycles. The molecule has 0 bridgehead atoms. The summed E-state index contributed by atoms with van der Waals surface area (Å²) < 4.78 is 21.7. The van der Waals surface area contributed by atoms with Gasteiger partial charge >= 0.3 is 11.9 Å². The summed E-state index contributed by atoms with van der Waals surface area (Å²) in [6.07, 6.45) is 8.56. The summed E-state index contributed by atoms with van der Waals surface area (Å²) >= 11 is 0. The second kappa shape index (κ2) is 9.70. The molecule has 6 heteroatoms. The summed E-state index contributed by atoms with van der Waals surface area (Å²) in [5.74, 6) is 0.425. The number of hydrogen-bond donors (Lipinski definition) is 0. The zero-order chi connectivity index (χ0) is 18.4. The van der Waals surface area contributed by atoms with Crippen molar-refractivity contribution in [3.05, 3.63) is 0 Å². The van der Waals surface area contributed by atoms with Gasteiger partial charge in [-0.1, -0.05) is 0 Å². The predicted octanol–water partition coefficient (Wildman–Crippen LogP) is 3.02. The van der Waals surface area contributed by atoms with Crippen LogP contribution in [-0.2, 0) is 28.5 Å². The van der Waals surface area contributed by atoms with Gasteiger partial charge in [0, 0.05) is 18.8 Å². The second-order valence-electron chi connectivity index (χ2n) is 8.05. The first-order chi connectivity index (χ1) is 12.6. The lowest BCUT2D eigenvalue weighted by Gasteiger charge is -2.26. The Morgan fingerprint density at radius 1 is 0.885 bits per heavy atom. The van der Waals surface area contributed by atoms with Crippen LogP contribution in [0.4, 0.5) is 0 Å². The average molecular weight is 368 g/mol. The number of hydrogen-bond acceptors (Lipinski definition) is 6. The number of unbranched alkanes of at least 4 members (excludes halogenated alkanes) is 1. The van der Waals surface area contributed by atoms with Gasteiger partial charge in [0.05, 0.1) is 38.1 Å². The van der Waals surface area contributed by atoms with Crippen LogP contribution < -0.4 is 0 Å². The normalized spacial score (nSPS) is 33.2. The third-order valence-corrected chi connectivity index (χ3v) is 5.68. The van der Waals surface area contributed by atoms with Crippen molar-refractivity contribution in [2.24, 2.45) is 11.8 Å². The number of rotatable bonds is 9. The molecular formula is C20H32O6. The van der Waals surface area contributed by atoms with Crippen molar-refractivity contribution in [2.45, 2.75) is 83.0 Å². The molecule has 148 valence electrons. The fraction of sp³-hybridized carbons (Fsp3) is 0.900. The Hall–Kier alpha value is -1.14. The minimum Gasteiger partial charge on any atom is -0.465 e. The summed E-state index contributed by atoms with van der Waals surface area (Å²) in [5, 5.41) is 0. The standard InChI is InChI=1S/C20H32O6/c1-14-6-7-16(12-23-14)13-25-20(22)5-3-2-4-19(21)24-11-15-8-9-17-18(10-15)26-17/h14-18H,2-13H2,1H3. The lowest BCUT2D eigenvalue weighted by molar-refractivity contribution is -0.148. The topological polar surface area (TPSA) is 74.4 Å². The third kappa shape index (κ3) is 6.54. The molecule has 0 aromatic heterocycles. The maximum absolute atomic E-state index is 11.8. The average Bonchev–Trinajstić information content (AvgIpc) is 3.42. The van der Waals surface area contributed by atoms with Crippen molar-refractivity contribution in [1.82, 2.24) is 0 Å². The zero-order valence-electron chi connectivity index (χ0n) is 15.8. The highest BCUT2D eigenvalue weighted by Crippen LogP contribution is 2.39. The second-order valence-corrected chi connectivity index (χ2v) is 8.05. The van der Waals surface area contributed by atoms with Gasteiger partial charge in [-0.3, -0.25) is 9.59 Å². The molecule has 0 aromatic carbocycles. The van der Waals surface area contributed by atoms with Gasteiger partial charge in [0.15, 0.2) is 0 Å². The molecule has 5 unspecified atom stereocenters. The van der Waals surface area contributed by atoms with Crippen molar-refractivity contribution < 1.29 is 28.5 Å². The van der Waals surface area contributed by atoms with Gasteiger partial charge < -0.3 is 18.9 Å². The van der Waals surface area contributed by atoms with Gasteiger partial charge in [-0.25, -0.2) is 0 Å². The van der Waals surface area contributed by atoms with Crippen molar-refractivity contribution in [1.29, 1.82) is 0 Å².